The number of nitrogens with zero attached hydrogens (tertiary/aromatic N) is 2. The van der Waals surface area contributed by atoms with Crippen LogP contribution in [-0.2, 0) is 0 Å². The Morgan fingerprint density at radius 1 is 1.00 bits per heavy atom. The normalized spacial score (nSPS) is 10.6. The van der Waals surface area contributed by atoms with Gasteiger partial charge in [0.25, 0.3) is 5.71 Å². The number of hydrogen-bond donors (Lipinski definition) is 2. The number of nitrogen functional groups attached to an aromatic ring is 2. The molecule has 8 heteroatoms. The van der Waals surface area contributed by atoms with E-state index in [1.807, 2.05) is 0 Å². The molecule has 2 aromatic rings. The van der Waals surface area contributed by atoms with E-state index in [0.717, 1.165) is 0 Å². The lowest BCUT2D eigenvalue weighted by molar-refractivity contribution is 0.442. The average Bonchev–Trinajstić information content (AvgIpc) is 2.08. The minimum absolute atomic E-state index is 0.159. The van der Waals surface area contributed by atoms with Gasteiger partial charge in [-0.15, -0.1) is 0 Å². The summed E-state index contributed by atoms with van der Waals surface area (Å²) in [6.45, 7) is 0. The molecule has 8 nitrogen and oxygen atoms in total. The first-order valence-electron chi connectivity index (χ1n) is 3.45. The molecule has 14 heavy (non-hydrogen) atoms. The van der Waals surface area contributed by atoms with E-state index in [-0.39, 0.29) is 23.1 Å². The minimum Gasteiger partial charge on any atom is -0.408 e. The third kappa shape index (κ3) is 1.09. The van der Waals surface area contributed by atoms with Crippen molar-refractivity contribution in [3.8, 4) is 0 Å². The summed E-state index contributed by atoms with van der Waals surface area (Å²) in [6, 6.07) is 0. The van der Waals surface area contributed by atoms with Gasteiger partial charge in [0.05, 0.1) is 0 Å². The molecule has 0 bridgehead atoms. The fourth-order valence-electron chi connectivity index (χ4n) is 0.893. The Bertz CT molecular complexity index is 613. The van der Waals surface area contributed by atoms with Gasteiger partial charge in [-0.1, -0.05) is 0 Å². The van der Waals surface area contributed by atoms with Crippen LogP contribution in [0.25, 0.3) is 11.3 Å². The van der Waals surface area contributed by atoms with Crippen LogP contribution in [0.1, 0.15) is 0 Å². The fourth-order valence-corrected chi connectivity index (χ4v) is 0.893. The first-order valence-corrected chi connectivity index (χ1v) is 3.45. The molecule has 0 aliphatic carbocycles. The monoisotopic (exact) mass is 196 g/mol. The molecule has 0 saturated heterocycles. The van der Waals surface area contributed by atoms with Crippen molar-refractivity contribution in [2.45, 2.75) is 0 Å². The number of aromatic nitrogens is 2. The summed E-state index contributed by atoms with van der Waals surface area (Å²) < 4.78 is 8.99. The zero-order valence-corrected chi connectivity index (χ0v) is 6.68. The summed E-state index contributed by atoms with van der Waals surface area (Å²) in [5.74, 6) is -0.333. The third-order valence-electron chi connectivity index (χ3n) is 1.43. The van der Waals surface area contributed by atoms with Gasteiger partial charge in [-0.2, -0.15) is 9.97 Å². The van der Waals surface area contributed by atoms with E-state index in [9.17, 15) is 9.59 Å². The van der Waals surface area contributed by atoms with Gasteiger partial charge < -0.3 is 20.3 Å². The predicted molar refractivity (Wildman–Crippen MR) is 45.4 cm³/mol. The third-order valence-corrected chi connectivity index (χ3v) is 1.43. The second-order valence-corrected chi connectivity index (χ2v) is 2.38. The molecule has 4 N–H and O–H groups in total. The smallest absolute Gasteiger partial charge is 0.408 e. The highest BCUT2D eigenvalue weighted by Gasteiger charge is 2.10. The Morgan fingerprint density at radius 3 is 2.36 bits per heavy atom. The summed E-state index contributed by atoms with van der Waals surface area (Å²) in [4.78, 5) is 28.5. The van der Waals surface area contributed by atoms with E-state index >= 15 is 0 Å². The van der Waals surface area contributed by atoms with Gasteiger partial charge >= 0.3 is 11.3 Å². The van der Waals surface area contributed by atoms with E-state index in [1.54, 1.807) is 0 Å². The molecule has 2 rings (SSSR count). The van der Waals surface area contributed by atoms with E-state index in [1.165, 1.54) is 0 Å². The summed E-state index contributed by atoms with van der Waals surface area (Å²) in [5, 5.41) is 0. The van der Waals surface area contributed by atoms with Gasteiger partial charge in [0.2, 0.25) is 11.5 Å². The molecule has 0 atom stereocenters. The lowest BCUT2D eigenvalue weighted by atomic mass is 10.5. The van der Waals surface area contributed by atoms with Crippen LogP contribution in [0.4, 0.5) is 11.8 Å². The maximum atomic E-state index is 10.8. The second-order valence-electron chi connectivity index (χ2n) is 2.38. The zero-order chi connectivity index (χ0) is 10.3. The Balaban J connectivity index is 3.03. The van der Waals surface area contributed by atoms with Crippen LogP contribution in [0.5, 0.6) is 0 Å². The Labute approximate surface area is 75.2 Å². The van der Waals surface area contributed by atoms with Crippen molar-refractivity contribution >= 4 is 23.1 Å². The van der Waals surface area contributed by atoms with Crippen LogP contribution in [0.2, 0.25) is 0 Å². The summed E-state index contributed by atoms with van der Waals surface area (Å²) in [6.07, 6.45) is 0. The number of anilines is 2. The Hall–Kier alpha value is -2.38. The van der Waals surface area contributed by atoms with Gasteiger partial charge in [0.15, 0.2) is 5.82 Å². The van der Waals surface area contributed by atoms with Crippen molar-refractivity contribution in [1.29, 1.82) is 0 Å². The molecule has 0 aliphatic heterocycles. The van der Waals surface area contributed by atoms with Crippen LogP contribution in [0.3, 0.4) is 0 Å². The Kier molecular flexibility index (Phi) is 1.50. The molecule has 0 saturated carbocycles. The van der Waals surface area contributed by atoms with Gasteiger partial charge in [-0.05, 0) is 0 Å². The molecule has 0 spiro atoms. The van der Waals surface area contributed by atoms with E-state index in [0.29, 0.717) is 0 Å². The zero-order valence-electron chi connectivity index (χ0n) is 6.68. The first kappa shape index (κ1) is 8.23. The molecule has 0 amide bonds. The highest BCUT2D eigenvalue weighted by molar-refractivity contribution is 5.77. The molecular weight excluding hydrogens is 192 g/mol. The molecule has 0 aromatic carbocycles. The van der Waals surface area contributed by atoms with Gasteiger partial charge in [-0.3, -0.25) is 0 Å². The van der Waals surface area contributed by atoms with Crippen LogP contribution < -0.4 is 22.7 Å². The van der Waals surface area contributed by atoms with Crippen LogP contribution >= 0.6 is 0 Å². The quantitative estimate of drug-likeness (QED) is 0.495. The maximum Gasteiger partial charge on any atom is 0.424 e. The largest absolute Gasteiger partial charge is 0.424 e. The lowest BCUT2D eigenvalue weighted by Crippen LogP contribution is -2.21. The number of nitrogens with two attached hydrogens (primary N) is 2. The first-order chi connectivity index (χ1) is 6.58. The van der Waals surface area contributed by atoms with E-state index < -0.39 is 11.3 Å². The molecule has 72 valence electrons. The van der Waals surface area contributed by atoms with Crippen molar-refractivity contribution in [3.63, 3.8) is 0 Å². The van der Waals surface area contributed by atoms with Crippen molar-refractivity contribution < 1.29 is 8.83 Å². The number of rotatable bonds is 0. The minimum atomic E-state index is -1.17. The van der Waals surface area contributed by atoms with Crippen molar-refractivity contribution in [2.24, 2.45) is 0 Å². The molecule has 2 aromatic heterocycles. The maximum absolute atomic E-state index is 10.8. The van der Waals surface area contributed by atoms with Crippen molar-refractivity contribution in [1.82, 2.24) is 9.97 Å². The molecule has 0 aliphatic rings. The van der Waals surface area contributed by atoms with E-state index in [4.69, 9.17) is 11.5 Å². The van der Waals surface area contributed by atoms with Crippen LogP contribution in [-0.4, -0.2) is 9.97 Å². The fraction of sp³-hybridized carbons (Fsp3) is 0. The SMILES string of the molecule is Nc1nc(N)c2oc(=O)c(=O)oc2n1. The molecule has 2 heterocycles. The molecule has 0 unspecified atom stereocenters. The predicted octanol–water partition coefficient (Wildman–Crippen LogP) is -1.30. The average molecular weight is 196 g/mol. The summed E-state index contributed by atoms with van der Waals surface area (Å²) in [7, 11) is 0. The standard InChI is InChI=1S/C6H4N4O4/c7-2-1-3(10-6(8)9-2)14-5(12)4(11)13-1/h(H4,7,8,9,10). The topological polar surface area (TPSA) is 138 Å². The number of fused-ring (bicyclic) bond motifs is 1. The van der Waals surface area contributed by atoms with Crippen LogP contribution in [0, 0.1) is 0 Å². The summed E-state index contributed by atoms with van der Waals surface area (Å²) >= 11 is 0. The highest BCUT2D eigenvalue weighted by atomic mass is 16.5. The van der Waals surface area contributed by atoms with Gasteiger partial charge in [-0.25, -0.2) is 9.59 Å². The summed E-state index contributed by atoms with van der Waals surface area (Å²) in [5.41, 5.74) is 7.80. The second kappa shape index (κ2) is 2.55. The van der Waals surface area contributed by atoms with Gasteiger partial charge in [0, 0.05) is 0 Å². The van der Waals surface area contributed by atoms with E-state index in [2.05, 4.69) is 18.8 Å². The number of hydrogen-bond acceptors (Lipinski definition) is 8. The molecule has 0 radical (unpaired) electrons. The van der Waals surface area contributed by atoms with Crippen molar-refractivity contribution in [2.75, 3.05) is 11.5 Å². The molecular formula is C6H4N4O4. The molecule has 0 fully saturated rings. The van der Waals surface area contributed by atoms with Crippen LogP contribution in [0.15, 0.2) is 18.4 Å². The highest BCUT2D eigenvalue weighted by Crippen LogP contribution is 2.14. The lowest BCUT2D eigenvalue weighted by Gasteiger charge is -1.97. The van der Waals surface area contributed by atoms with Gasteiger partial charge in [0.1, 0.15) is 0 Å². The Morgan fingerprint density at radius 2 is 1.64 bits per heavy atom. The van der Waals surface area contributed by atoms with Crippen molar-refractivity contribution in [3.05, 3.63) is 20.8 Å².